The van der Waals surface area contributed by atoms with E-state index in [1.54, 1.807) is 30.3 Å². The Balaban J connectivity index is 1.43. The molecule has 0 spiro atoms. The topological polar surface area (TPSA) is 115 Å². The molecule has 1 fully saturated rings. The van der Waals surface area contributed by atoms with Gasteiger partial charge >= 0.3 is 0 Å². The Bertz CT molecular complexity index is 1410. The summed E-state index contributed by atoms with van der Waals surface area (Å²) in [6.45, 7) is 15.2. The standard InChI is InChI=1S/C27H39N5O4SSi/c1-8-19-15-20(36-38(6,7)27(3,4)5)16-22(19)26(33)31-30-24-17-28-25-23(29-24)13-14-32(25)37(34,35)21-11-9-18(2)10-12-21/h9-14,17,19-20,22H,8,15-16H2,1-7H3,(H,29,30)(H,31,33)/t19-,20-,22+/m1/s1. The van der Waals surface area contributed by atoms with Crippen LogP contribution in [0.1, 0.15) is 52.5 Å². The molecule has 0 radical (unpaired) electrons. The third-order valence-corrected chi connectivity index (χ3v) is 14.2. The Labute approximate surface area is 226 Å². The predicted molar refractivity (Wildman–Crippen MR) is 152 cm³/mol. The zero-order valence-electron chi connectivity index (χ0n) is 23.3. The largest absolute Gasteiger partial charge is 0.414 e. The molecule has 3 atom stereocenters. The van der Waals surface area contributed by atoms with E-state index in [1.165, 1.54) is 12.4 Å². The van der Waals surface area contributed by atoms with Gasteiger partial charge in [0.05, 0.1) is 11.1 Å². The molecule has 0 unspecified atom stereocenters. The highest BCUT2D eigenvalue weighted by Crippen LogP contribution is 2.42. The molecule has 0 bridgehead atoms. The van der Waals surface area contributed by atoms with Crippen molar-refractivity contribution in [2.75, 3.05) is 5.43 Å². The summed E-state index contributed by atoms with van der Waals surface area (Å²) in [5.74, 6) is 0.330. The number of hydrazine groups is 1. The predicted octanol–water partition coefficient (Wildman–Crippen LogP) is 5.25. The van der Waals surface area contributed by atoms with Crippen molar-refractivity contribution >= 4 is 41.2 Å². The van der Waals surface area contributed by atoms with Crippen molar-refractivity contribution < 1.29 is 17.6 Å². The van der Waals surface area contributed by atoms with Gasteiger partial charge in [-0.1, -0.05) is 51.8 Å². The lowest BCUT2D eigenvalue weighted by atomic mass is 9.93. The molecule has 3 aromatic rings. The number of aromatic nitrogens is 3. The second kappa shape index (κ2) is 10.4. The third-order valence-electron chi connectivity index (χ3n) is 8.03. The van der Waals surface area contributed by atoms with Crippen molar-refractivity contribution in [1.82, 2.24) is 19.4 Å². The van der Waals surface area contributed by atoms with Crippen LogP contribution in [-0.4, -0.2) is 42.7 Å². The van der Waals surface area contributed by atoms with Gasteiger partial charge in [-0.2, -0.15) is 0 Å². The van der Waals surface area contributed by atoms with E-state index in [-0.39, 0.29) is 39.4 Å². The second-order valence-electron chi connectivity index (χ2n) is 11.8. The molecule has 2 N–H and O–H groups in total. The van der Waals surface area contributed by atoms with Gasteiger partial charge in [0.1, 0.15) is 5.52 Å². The normalized spacial score (nSPS) is 20.6. The van der Waals surface area contributed by atoms with Crippen LogP contribution in [0, 0.1) is 18.8 Å². The molecule has 9 nitrogen and oxygen atoms in total. The van der Waals surface area contributed by atoms with E-state index in [0.29, 0.717) is 17.8 Å². The minimum atomic E-state index is -3.81. The third kappa shape index (κ3) is 5.64. The zero-order chi connectivity index (χ0) is 27.9. The fraction of sp³-hybridized carbons (Fsp3) is 0.519. The number of fused-ring (bicyclic) bond motifs is 1. The molecular formula is C27H39N5O4SSi. The second-order valence-corrected chi connectivity index (χ2v) is 18.3. The van der Waals surface area contributed by atoms with E-state index < -0.39 is 18.3 Å². The van der Waals surface area contributed by atoms with E-state index in [4.69, 9.17) is 4.43 Å². The quantitative estimate of drug-likeness (QED) is 0.287. The van der Waals surface area contributed by atoms with E-state index >= 15 is 0 Å². The monoisotopic (exact) mass is 557 g/mol. The number of benzene rings is 1. The molecule has 2 heterocycles. The first-order valence-electron chi connectivity index (χ1n) is 13.1. The SMILES string of the molecule is CC[C@@H]1C[C@@H](O[Si](C)(C)C(C)(C)C)C[C@@H]1C(=O)NNc1cnc2c(ccn2S(=O)(=O)c2ccc(C)cc2)n1. The molecule has 1 amide bonds. The van der Waals surface area contributed by atoms with Crippen LogP contribution in [0.3, 0.4) is 0 Å². The van der Waals surface area contributed by atoms with Gasteiger partial charge in [0.2, 0.25) is 5.91 Å². The summed E-state index contributed by atoms with van der Waals surface area (Å²) in [5, 5.41) is 0.117. The summed E-state index contributed by atoms with van der Waals surface area (Å²) in [6.07, 6.45) is 5.43. The number of hydrogen-bond donors (Lipinski definition) is 2. The molecule has 1 aliphatic rings. The Morgan fingerprint density at radius 2 is 1.84 bits per heavy atom. The van der Waals surface area contributed by atoms with Crippen LogP contribution >= 0.6 is 0 Å². The Morgan fingerprint density at radius 1 is 1.16 bits per heavy atom. The van der Waals surface area contributed by atoms with Crippen LogP contribution in [0.25, 0.3) is 11.2 Å². The molecule has 11 heteroatoms. The highest BCUT2D eigenvalue weighted by Gasteiger charge is 2.44. The van der Waals surface area contributed by atoms with E-state index in [0.717, 1.165) is 22.4 Å². The number of rotatable bonds is 8. The highest BCUT2D eigenvalue weighted by atomic mass is 32.2. The Morgan fingerprint density at radius 3 is 2.47 bits per heavy atom. The van der Waals surface area contributed by atoms with Crippen molar-refractivity contribution in [3.05, 3.63) is 48.3 Å². The maximum atomic E-state index is 13.1. The number of nitrogens with one attached hydrogen (secondary N) is 2. The maximum Gasteiger partial charge on any atom is 0.269 e. The lowest BCUT2D eigenvalue weighted by molar-refractivity contribution is -0.125. The minimum Gasteiger partial charge on any atom is -0.414 e. The van der Waals surface area contributed by atoms with E-state index in [1.807, 2.05) is 6.92 Å². The van der Waals surface area contributed by atoms with Gasteiger partial charge in [0.25, 0.3) is 10.0 Å². The van der Waals surface area contributed by atoms with Crippen molar-refractivity contribution in [3.63, 3.8) is 0 Å². The van der Waals surface area contributed by atoms with Crippen molar-refractivity contribution in [2.45, 2.75) is 83.0 Å². The first-order valence-corrected chi connectivity index (χ1v) is 17.5. The van der Waals surface area contributed by atoms with Gasteiger partial charge in [0, 0.05) is 18.2 Å². The van der Waals surface area contributed by atoms with Gasteiger partial charge in [-0.15, -0.1) is 0 Å². The van der Waals surface area contributed by atoms with Crippen molar-refractivity contribution in [2.24, 2.45) is 11.8 Å². The first-order chi connectivity index (χ1) is 17.7. The van der Waals surface area contributed by atoms with Crippen molar-refractivity contribution in [3.8, 4) is 0 Å². The van der Waals surface area contributed by atoms with Crippen molar-refractivity contribution in [1.29, 1.82) is 0 Å². The number of aryl methyl sites for hydroxylation is 1. The summed E-state index contributed by atoms with van der Waals surface area (Å²) < 4.78 is 34.0. The number of nitrogens with zero attached hydrogens (tertiary/aromatic N) is 3. The van der Waals surface area contributed by atoms with Crippen LogP contribution < -0.4 is 10.9 Å². The van der Waals surface area contributed by atoms with Crippen LogP contribution in [0.15, 0.2) is 47.6 Å². The smallest absolute Gasteiger partial charge is 0.269 e. The lowest BCUT2D eigenvalue weighted by Crippen LogP contribution is -2.43. The highest BCUT2D eigenvalue weighted by molar-refractivity contribution is 7.90. The average Bonchev–Trinajstić information content (AvgIpc) is 3.45. The van der Waals surface area contributed by atoms with Gasteiger partial charge in [0.15, 0.2) is 19.8 Å². The van der Waals surface area contributed by atoms with Crippen LogP contribution in [0.4, 0.5) is 5.82 Å². The molecule has 4 rings (SSSR count). The number of carbonyl (C=O) groups is 1. The minimum absolute atomic E-state index is 0.0861. The molecule has 38 heavy (non-hydrogen) atoms. The molecular weight excluding hydrogens is 518 g/mol. The summed E-state index contributed by atoms with van der Waals surface area (Å²) in [6, 6.07) is 8.25. The molecule has 1 aromatic carbocycles. The fourth-order valence-corrected chi connectivity index (χ4v) is 7.40. The zero-order valence-corrected chi connectivity index (χ0v) is 25.1. The van der Waals surface area contributed by atoms with Gasteiger partial charge < -0.3 is 4.43 Å². The molecule has 1 saturated carbocycles. The van der Waals surface area contributed by atoms with Gasteiger partial charge in [-0.25, -0.2) is 22.4 Å². The molecule has 0 aliphatic heterocycles. The fourth-order valence-electron chi connectivity index (χ4n) is 4.72. The Hall–Kier alpha value is -2.76. The number of carbonyl (C=O) groups excluding carboxylic acids is 1. The lowest BCUT2D eigenvalue weighted by Gasteiger charge is -2.38. The molecule has 2 aromatic heterocycles. The average molecular weight is 558 g/mol. The van der Waals surface area contributed by atoms with Gasteiger partial charge in [-0.05, 0) is 62.0 Å². The van der Waals surface area contributed by atoms with Crippen LogP contribution in [0.2, 0.25) is 18.1 Å². The summed E-state index contributed by atoms with van der Waals surface area (Å²) in [7, 11) is -5.73. The van der Waals surface area contributed by atoms with Crippen LogP contribution in [0.5, 0.6) is 0 Å². The summed E-state index contributed by atoms with van der Waals surface area (Å²) in [4.78, 5) is 22.1. The van der Waals surface area contributed by atoms with Gasteiger partial charge in [-0.3, -0.25) is 15.6 Å². The van der Waals surface area contributed by atoms with E-state index in [9.17, 15) is 13.2 Å². The Kier molecular flexibility index (Phi) is 7.75. The number of anilines is 1. The summed E-state index contributed by atoms with van der Waals surface area (Å²) >= 11 is 0. The maximum absolute atomic E-state index is 13.1. The molecule has 206 valence electrons. The number of hydrogen-bond acceptors (Lipinski definition) is 7. The number of amides is 1. The first kappa shape index (κ1) is 28.3. The van der Waals surface area contributed by atoms with E-state index in [2.05, 4.69) is 61.6 Å². The summed E-state index contributed by atoms with van der Waals surface area (Å²) in [5.41, 5.74) is 7.25. The molecule has 0 saturated heterocycles. The molecule has 1 aliphatic carbocycles. The van der Waals surface area contributed by atoms with Crippen LogP contribution in [-0.2, 0) is 19.2 Å².